The molecule has 3 aliphatic rings. The van der Waals surface area contributed by atoms with Gasteiger partial charge in [0.25, 0.3) is 0 Å². The number of ether oxygens (including phenoxy) is 1. The van der Waals surface area contributed by atoms with Crippen LogP contribution in [0.2, 0.25) is 0 Å². The predicted octanol–water partition coefficient (Wildman–Crippen LogP) is 6.91. The fraction of sp³-hybridized carbons (Fsp3) is 0.655. The summed E-state index contributed by atoms with van der Waals surface area (Å²) >= 11 is 1.95. The molecule has 3 heterocycles. The highest BCUT2D eigenvalue weighted by Gasteiger charge is 2.46. The molecule has 5 rings (SSSR count). The summed E-state index contributed by atoms with van der Waals surface area (Å²) in [5.74, 6) is 0.0689. The van der Waals surface area contributed by atoms with Gasteiger partial charge >= 0.3 is 6.18 Å². The van der Waals surface area contributed by atoms with Gasteiger partial charge in [-0.1, -0.05) is 0 Å². The van der Waals surface area contributed by atoms with Crippen LogP contribution in [0.5, 0.6) is 0 Å². The van der Waals surface area contributed by atoms with Crippen molar-refractivity contribution in [1.29, 1.82) is 0 Å². The van der Waals surface area contributed by atoms with Crippen LogP contribution in [0.4, 0.5) is 30.6 Å². The summed E-state index contributed by atoms with van der Waals surface area (Å²) in [7, 11) is 1.59. The summed E-state index contributed by atoms with van der Waals surface area (Å²) in [5.41, 5.74) is 1.53. The minimum Gasteiger partial charge on any atom is -0.380 e. The Morgan fingerprint density at radius 2 is 1.90 bits per heavy atom. The maximum Gasteiger partial charge on any atom is 0.421 e. The maximum atomic E-state index is 13.8. The smallest absolute Gasteiger partial charge is 0.380 e. The molecule has 39 heavy (non-hydrogen) atoms. The molecule has 1 N–H and O–H groups in total. The van der Waals surface area contributed by atoms with Crippen LogP contribution in [0, 0.1) is 12.3 Å². The van der Waals surface area contributed by atoms with Crippen LogP contribution in [-0.4, -0.2) is 65.6 Å². The van der Waals surface area contributed by atoms with Crippen molar-refractivity contribution in [2.45, 2.75) is 87.8 Å². The van der Waals surface area contributed by atoms with E-state index in [1.165, 1.54) is 43.7 Å². The number of halogens is 3. The second kappa shape index (κ2) is 11.4. The van der Waals surface area contributed by atoms with Crippen molar-refractivity contribution in [2.24, 2.45) is 5.41 Å². The Morgan fingerprint density at radius 1 is 1.15 bits per heavy atom. The zero-order valence-corrected chi connectivity index (χ0v) is 24.2. The van der Waals surface area contributed by atoms with Crippen LogP contribution < -0.4 is 10.2 Å². The minimum absolute atomic E-state index is 0.0929. The first-order valence-electron chi connectivity index (χ1n) is 14.1. The number of benzene rings is 1. The van der Waals surface area contributed by atoms with E-state index in [1.54, 1.807) is 12.0 Å². The zero-order valence-electron chi connectivity index (χ0n) is 23.4. The number of piperidine rings is 2. The van der Waals surface area contributed by atoms with Gasteiger partial charge in [-0.15, -0.1) is 11.8 Å². The summed E-state index contributed by atoms with van der Waals surface area (Å²) in [6, 6.07) is 6.86. The molecular formula is C29H40F3N5OS. The lowest BCUT2D eigenvalue weighted by Gasteiger charge is -2.52. The molecule has 1 aliphatic carbocycles. The molecule has 2 aromatic rings. The van der Waals surface area contributed by atoms with Crippen LogP contribution in [0.25, 0.3) is 0 Å². The highest BCUT2D eigenvalue weighted by atomic mass is 32.2. The first-order chi connectivity index (χ1) is 18.5. The van der Waals surface area contributed by atoms with E-state index in [0.29, 0.717) is 29.8 Å². The molecule has 10 heteroatoms. The number of rotatable bonds is 7. The number of methoxy groups -OCH3 is 1. The van der Waals surface area contributed by atoms with Crippen LogP contribution >= 0.6 is 11.8 Å². The van der Waals surface area contributed by atoms with E-state index in [9.17, 15) is 13.2 Å². The molecule has 2 aliphatic heterocycles. The quantitative estimate of drug-likeness (QED) is 0.393. The van der Waals surface area contributed by atoms with E-state index in [-0.39, 0.29) is 17.9 Å². The standard InChI is InChI=1S/C29H40F3N5OS/c1-19(2)36-12-9-28(10-13-36)15-23(16-28)39-22-7-8-25(20(3)14-22)34-27-33-17-24(29(30,31)32)26(35-27)37-11-5-6-21(18-37)38-4/h7-8,14,17,19,21,23H,5-6,9-13,15-16,18H2,1-4H3,(H,33,34,35). The SMILES string of the molecule is COC1CCCN(c2nc(Nc3ccc(SC4CC5(CCN(C(C)C)CC5)C4)cc3C)ncc2C(F)(F)F)C1. The fourth-order valence-corrected chi connectivity index (χ4v) is 7.92. The van der Waals surface area contributed by atoms with Gasteiger partial charge in [0, 0.05) is 48.3 Å². The van der Waals surface area contributed by atoms with Gasteiger partial charge in [-0.2, -0.15) is 18.2 Å². The second-order valence-electron chi connectivity index (χ2n) is 11.8. The first kappa shape index (κ1) is 28.5. The normalized spacial score (nSPS) is 22.4. The number of aromatic nitrogens is 2. The molecule has 2 saturated heterocycles. The summed E-state index contributed by atoms with van der Waals surface area (Å²) in [6.07, 6.45) is 3.00. The molecule has 1 unspecified atom stereocenters. The molecule has 0 bridgehead atoms. The third-order valence-corrected chi connectivity index (χ3v) is 9.94. The summed E-state index contributed by atoms with van der Waals surface area (Å²) in [4.78, 5) is 13.9. The monoisotopic (exact) mass is 563 g/mol. The van der Waals surface area contributed by atoms with Crippen molar-refractivity contribution in [3.05, 3.63) is 35.5 Å². The van der Waals surface area contributed by atoms with Gasteiger partial charge in [-0.25, -0.2) is 4.98 Å². The molecule has 214 valence electrons. The molecule has 1 saturated carbocycles. The summed E-state index contributed by atoms with van der Waals surface area (Å²) < 4.78 is 46.8. The lowest BCUT2D eigenvalue weighted by atomic mass is 9.63. The van der Waals surface area contributed by atoms with Gasteiger partial charge in [-0.05, 0) is 102 Å². The lowest BCUT2D eigenvalue weighted by molar-refractivity contribution is -0.137. The summed E-state index contributed by atoms with van der Waals surface area (Å²) in [6.45, 7) is 9.89. The summed E-state index contributed by atoms with van der Waals surface area (Å²) in [5, 5.41) is 3.81. The second-order valence-corrected chi connectivity index (χ2v) is 13.1. The van der Waals surface area contributed by atoms with E-state index in [2.05, 4.69) is 46.2 Å². The van der Waals surface area contributed by atoms with Crippen molar-refractivity contribution in [3.63, 3.8) is 0 Å². The molecule has 1 aromatic heterocycles. The van der Waals surface area contributed by atoms with E-state index in [4.69, 9.17) is 4.74 Å². The number of aryl methyl sites for hydroxylation is 1. The topological polar surface area (TPSA) is 53.5 Å². The fourth-order valence-electron chi connectivity index (χ4n) is 6.27. The zero-order chi connectivity index (χ0) is 27.8. The molecule has 0 radical (unpaired) electrons. The molecule has 1 spiro atoms. The van der Waals surface area contributed by atoms with Crippen LogP contribution in [0.15, 0.2) is 29.3 Å². The van der Waals surface area contributed by atoms with Gasteiger partial charge in [0.15, 0.2) is 0 Å². The van der Waals surface area contributed by atoms with Gasteiger partial charge in [0.05, 0.1) is 6.10 Å². The third-order valence-electron chi connectivity index (χ3n) is 8.74. The number of anilines is 3. The van der Waals surface area contributed by atoms with Crippen molar-refractivity contribution in [2.75, 3.05) is 43.5 Å². The molecule has 6 nitrogen and oxygen atoms in total. The Balaban J connectivity index is 1.23. The Bertz CT molecular complexity index is 1140. The van der Waals surface area contributed by atoms with E-state index in [1.807, 2.05) is 24.8 Å². The van der Waals surface area contributed by atoms with Crippen molar-refractivity contribution < 1.29 is 17.9 Å². The maximum absolute atomic E-state index is 13.8. The van der Waals surface area contributed by atoms with Crippen LogP contribution in [-0.2, 0) is 10.9 Å². The van der Waals surface area contributed by atoms with Crippen molar-refractivity contribution in [3.8, 4) is 0 Å². The van der Waals surface area contributed by atoms with Crippen LogP contribution in [0.1, 0.15) is 63.5 Å². The highest BCUT2D eigenvalue weighted by Crippen LogP contribution is 2.55. The number of nitrogens with one attached hydrogen (secondary N) is 1. The Kier molecular flexibility index (Phi) is 8.36. The van der Waals surface area contributed by atoms with Gasteiger partial charge in [0.2, 0.25) is 5.95 Å². The first-order valence-corrected chi connectivity index (χ1v) is 14.9. The minimum atomic E-state index is -4.53. The molecule has 0 amide bonds. The average molecular weight is 564 g/mol. The number of thioether (sulfide) groups is 1. The van der Waals surface area contributed by atoms with Crippen molar-refractivity contribution >= 4 is 29.2 Å². The number of likely N-dealkylation sites (tertiary alicyclic amines) is 1. The number of nitrogens with zero attached hydrogens (tertiary/aromatic N) is 4. The molecule has 3 fully saturated rings. The Morgan fingerprint density at radius 3 is 2.54 bits per heavy atom. The Labute approximate surface area is 234 Å². The van der Waals surface area contributed by atoms with Gasteiger partial charge < -0.3 is 19.9 Å². The van der Waals surface area contributed by atoms with Crippen molar-refractivity contribution in [1.82, 2.24) is 14.9 Å². The molecule has 1 aromatic carbocycles. The number of hydrogen-bond donors (Lipinski definition) is 1. The number of alkyl halides is 3. The highest BCUT2D eigenvalue weighted by molar-refractivity contribution is 8.00. The van der Waals surface area contributed by atoms with Gasteiger partial charge in [-0.3, -0.25) is 0 Å². The van der Waals surface area contributed by atoms with E-state index in [0.717, 1.165) is 30.3 Å². The largest absolute Gasteiger partial charge is 0.421 e. The molecule has 1 atom stereocenters. The van der Waals surface area contributed by atoms with E-state index >= 15 is 0 Å². The van der Waals surface area contributed by atoms with Crippen LogP contribution in [0.3, 0.4) is 0 Å². The molecular weight excluding hydrogens is 523 g/mol. The average Bonchev–Trinajstić information content (AvgIpc) is 2.89. The van der Waals surface area contributed by atoms with E-state index < -0.39 is 11.7 Å². The van der Waals surface area contributed by atoms with Gasteiger partial charge in [0.1, 0.15) is 11.4 Å². The third kappa shape index (κ3) is 6.49. The Hall–Kier alpha value is -2.04. The predicted molar refractivity (Wildman–Crippen MR) is 151 cm³/mol. The number of hydrogen-bond acceptors (Lipinski definition) is 7. The lowest BCUT2D eigenvalue weighted by Crippen LogP contribution is -2.49.